The number of hydrogen-bond donors (Lipinski definition) is 3. The zero-order chi connectivity index (χ0) is 32.2. The van der Waals surface area contributed by atoms with Crippen LogP contribution in [0.1, 0.15) is 18.3 Å². The average molecular weight is 677 g/mol. The predicted octanol–water partition coefficient (Wildman–Crippen LogP) is -0.308. The first kappa shape index (κ1) is 30.3. The maximum atomic E-state index is 13.8. The fourth-order valence-corrected chi connectivity index (χ4v) is 8.42. The van der Waals surface area contributed by atoms with Crippen molar-refractivity contribution in [2.45, 2.75) is 55.5 Å². The first-order valence-corrected chi connectivity index (χ1v) is 17.6. The molecule has 0 spiro atoms. The monoisotopic (exact) mass is 677 g/mol. The largest absolute Gasteiger partial charge is 0.387 e. The Balaban J connectivity index is 1.14. The lowest BCUT2D eigenvalue weighted by molar-refractivity contribution is -0.183. The molecule has 242 valence electrons. The van der Waals surface area contributed by atoms with Gasteiger partial charge in [-0.15, -0.1) is 0 Å². The van der Waals surface area contributed by atoms with Crippen LogP contribution in [0.15, 0.2) is 23.8 Å². The van der Waals surface area contributed by atoms with Crippen LogP contribution < -0.4 is 11.3 Å². The molecule has 4 aromatic heterocycles. The van der Waals surface area contributed by atoms with E-state index < -0.39 is 82.4 Å². The number of nitrogens with two attached hydrogens (primary N) is 1. The summed E-state index contributed by atoms with van der Waals surface area (Å²) in [6, 6.07) is 0. The lowest BCUT2D eigenvalue weighted by atomic mass is 10.0. The number of rotatable bonds is 2. The third-order valence-electron chi connectivity index (χ3n) is 8.31. The number of fused-ring (bicyclic) bond motifs is 4. The van der Waals surface area contributed by atoms with Crippen LogP contribution in [0, 0.1) is 6.92 Å². The van der Waals surface area contributed by atoms with Gasteiger partial charge < -0.3 is 43.6 Å². The summed E-state index contributed by atoms with van der Waals surface area (Å²) in [7, 11) is -2.37. The molecule has 20 nitrogen and oxygen atoms in total. The highest BCUT2D eigenvalue weighted by Crippen LogP contribution is 2.58. The van der Waals surface area contributed by atoms with Gasteiger partial charge in [0.15, 0.2) is 35.1 Å². The standard InChI is InChI=1S/C23H26BN9O11P2/c1-9-30-19-12(20(35)31-9)29-8-33(19)21-14-13(34)10(41-21)3-39-45(2,36)44-16-15-22(32-7-28-11-17(25)26-6-27-18(11)32)42-23(16,4-38-15)5-40-46(24,37)43-14/h6-8,10,13-16,21-22,34H,3-5H2,1-2H3,(H2,25,26,27)(H,30,31,35)/t10?,13?,14?,15?,16?,21?,22?,23?,45-,46-/m1/s1. The van der Waals surface area contributed by atoms with Crippen molar-refractivity contribution in [1.82, 2.24) is 39.0 Å². The van der Waals surface area contributed by atoms with Crippen molar-refractivity contribution in [3.05, 3.63) is 35.2 Å². The Bertz CT molecular complexity index is 2030. The van der Waals surface area contributed by atoms with E-state index in [1.807, 2.05) is 0 Å². The highest BCUT2D eigenvalue weighted by Gasteiger charge is 2.65. The number of anilines is 1. The minimum absolute atomic E-state index is 0.0103. The molecule has 0 aliphatic carbocycles. The second-order valence-electron chi connectivity index (χ2n) is 11.4. The Hall–Kier alpha value is -3.10. The smallest absolute Gasteiger partial charge is 0.328 e. The van der Waals surface area contributed by atoms with Crippen molar-refractivity contribution in [2.24, 2.45) is 0 Å². The number of aromatic nitrogens is 8. The summed E-state index contributed by atoms with van der Waals surface area (Å²) in [4.78, 5) is 35.9. The summed E-state index contributed by atoms with van der Waals surface area (Å²) in [5.74, 6) is 0.439. The number of nitrogens with zero attached hydrogens (tertiary/aromatic N) is 7. The number of nitrogen functional groups attached to an aromatic ring is 1. The first-order valence-electron chi connectivity index (χ1n) is 14.0. The summed E-state index contributed by atoms with van der Waals surface area (Å²) < 4.78 is 72.0. The number of aliphatic hydroxyl groups is 1. The fourth-order valence-electron chi connectivity index (χ4n) is 6.19. The third kappa shape index (κ3) is 4.77. The normalized spacial score (nSPS) is 39.7. The van der Waals surface area contributed by atoms with Crippen molar-refractivity contribution in [3.8, 4) is 0 Å². The zero-order valence-corrected chi connectivity index (χ0v) is 25.9. The predicted molar refractivity (Wildman–Crippen MR) is 154 cm³/mol. The minimum Gasteiger partial charge on any atom is -0.387 e. The van der Waals surface area contributed by atoms with Crippen molar-refractivity contribution in [1.29, 1.82) is 0 Å². The Morgan fingerprint density at radius 2 is 1.80 bits per heavy atom. The number of aryl methyl sites for hydroxylation is 1. The van der Waals surface area contributed by atoms with Crippen LogP contribution in [0.25, 0.3) is 22.3 Å². The zero-order valence-electron chi connectivity index (χ0n) is 24.1. The Labute approximate surface area is 259 Å². The van der Waals surface area contributed by atoms with Crippen molar-refractivity contribution in [2.75, 3.05) is 32.2 Å². The first-order chi connectivity index (χ1) is 21.8. The second-order valence-corrected chi connectivity index (χ2v) is 15.0. The third-order valence-corrected chi connectivity index (χ3v) is 10.6. The molecule has 4 saturated heterocycles. The number of imidazole rings is 2. The second kappa shape index (κ2) is 10.5. The summed E-state index contributed by atoms with van der Waals surface area (Å²) in [6.07, 6.45) is -4.33. The number of hydrogen-bond acceptors (Lipinski definition) is 17. The van der Waals surface area contributed by atoms with Gasteiger partial charge in [-0.2, -0.15) is 0 Å². The van der Waals surface area contributed by atoms with Gasteiger partial charge in [0.05, 0.1) is 32.5 Å². The molecule has 4 bridgehead atoms. The summed E-state index contributed by atoms with van der Waals surface area (Å²) in [6.45, 7) is 1.74. The lowest BCUT2D eigenvalue weighted by Crippen LogP contribution is -2.45. The molecule has 23 heteroatoms. The van der Waals surface area contributed by atoms with Crippen molar-refractivity contribution < 1.29 is 46.5 Å². The maximum Gasteiger partial charge on any atom is 0.328 e. The summed E-state index contributed by atoms with van der Waals surface area (Å²) in [5, 5.41) is 11.2. The lowest BCUT2D eigenvalue weighted by Gasteiger charge is -2.33. The highest BCUT2D eigenvalue weighted by molar-refractivity contribution is 7.79. The Kier molecular flexibility index (Phi) is 6.87. The van der Waals surface area contributed by atoms with E-state index in [9.17, 15) is 19.0 Å². The van der Waals surface area contributed by atoms with Crippen LogP contribution in [-0.2, 0) is 41.4 Å². The van der Waals surface area contributed by atoms with Gasteiger partial charge in [0.25, 0.3) is 13.0 Å². The molecule has 4 aliphatic rings. The van der Waals surface area contributed by atoms with Crippen molar-refractivity contribution in [3.63, 3.8) is 0 Å². The Morgan fingerprint density at radius 1 is 1.04 bits per heavy atom. The molecule has 4 fully saturated rings. The molecular formula is C23H26BN9O11P2. The van der Waals surface area contributed by atoms with E-state index in [0.29, 0.717) is 11.2 Å². The van der Waals surface area contributed by atoms with Crippen LogP contribution in [0.5, 0.6) is 0 Å². The highest BCUT2D eigenvalue weighted by atomic mass is 31.2. The van der Waals surface area contributed by atoms with Gasteiger partial charge in [0.2, 0.25) is 7.57 Å². The van der Waals surface area contributed by atoms with Crippen LogP contribution >= 0.6 is 15.1 Å². The molecule has 2 radical (unpaired) electrons. The number of aliphatic hydroxyl groups excluding tert-OH is 1. The molecule has 8 heterocycles. The number of nitrogens with one attached hydrogen (secondary N) is 1. The van der Waals surface area contributed by atoms with E-state index >= 15 is 0 Å². The van der Waals surface area contributed by atoms with Gasteiger partial charge in [-0.3, -0.25) is 27.6 Å². The van der Waals surface area contributed by atoms with E-state index in [0.717, 1.165) is 0 Å². The summed E-state index contributed by atoms with van der Waals surface area (Å²) in [5.41, 5.74) is 4.72. The minimum atomic E-state index is -4.52. The van der Waals surface area contributed by atoms with Crippen LogP contribution in [0.4, 0.5) is 5.82 Å². The Morgan fingerprint density at radius 3 is 2.61 bits per heavy atom. The average Bonchev–Trinajstić information content (AvgIpc) is 3.80. The van der Waals surface area contributed by atoms with Crippen LogP contribution in [-0.4, -0.2) is 114 Å². The van der Waals surface area contributed by atoms with Crippen molar-refractivity contribution >= 4 is 50.8 Å². The summed E-state index contributed by atoms with van der Waals surface area (Å²) >= 11 is 0. The van der Waals surface area contributed by atoms with Gasteiger partial charge >= 0.3 is 7.60 Å². The SMILES string of the molecule is [B][P@@]1(=O)OCC23COC(C(n4cnc5c(N)ncnc54)O2)C3O[P@](C)(=O)OCC2OC(n3cnc4c(=O)[nH]c(C)nc43)C(O1)C2O. The van der Waals surface area contributed by atoms with E-state index in [2.05, 4.69) is 29.9 Å². The molecule has 46 heavy (non-hydrogen) atoms. The van der Waals surface area contributed by atoms with Crippen LogP contribution in [0.2, 0.25) is 0 Å². The molecule has 4 N–H and O–H groups in total. The molecule has 4 aromatic rings. The molecule has 4 aliphatic heterocycles. The van der Waals surface area contributed by atoms with Crippen LogP contribution in [0.3, 0.4) is 0 Å². The molecule has 8 unspecified atom stereocenters. The van der Waals surface area contributed by atoms with Gasteiger partial charge in [0, 0.05) is 6.66 Å². The quantitative estimate of drug-likeness (QED) is 0.182. The van der Waals surface area contributed by atoms with E-state index in [1.165, 1.54) is 30.2 Å². The van der Waals surface area contributed by atoms with Gasteiger partial charge in [0.1, 0.15) is 53.8 Å². The molecule has 0 amide bonds. The fraction of sp³-hybridized carbons (Fsp3) is 0.565. The maximum absolute atomic E-state index is 13.8. The van der Waals surface area contributed by atoms with E-state index in [1.54, 1.807) is 11.5 Å². The van der Waals surface area contributed by atoms with Gasteiger partial charge in [-0.05, 0) is 6.92 Å². The molecular weight excluding hydrogens is 651 g/mol. The van der Waals surface area contributed by atoms with Gasteiger partial charge in [-0.25, -0.2) is 24.9 Å². The number of H-pyrrole nitrogens is 1. The molecule has 0 saturated carbocycles. The number of aromatic amines is 1. The van der Waals surface area contributed by atoms with Gasteiger partial charge in [-0.1, -0.05) is 0 Å². The molecule has 8 rings (SSSR count). The topological polar surface area (TPSA) is 252 Å². The van der Waals surface area contributed by atoms with E-state index in [4.69, 9.17) is 45.6 Å². The molecule has 10 atom stereocenters. The molecule has 0 aromatic carbocycles. The van der Waals surface area contributed by atoms with E-state index in [-0.39, 0.29) is 29.4 Å². The number of ether oxygens (including phenoxy) is 3.